The number of unbranched alkanes of at least 4 members (excludes halogenated alkanes) is 1. The summed E-state index contributed by atoms with van der Waals surface area (Å²) in [6.07, 6.45) is 4.19. The number of ether oxygens (including phenoxy) is 1. The first-order chi connectivity index (χ1) is 11.1. The molecule has 2 aromatic rings. The number of thiazole rings is 1. The van der Waals surface area contributed by atoms with Gasteiger partial charge in [0.25, 0.3) is 0 Å². The van der Waals surface area contributed by atoms with Crippen LogP contribution in [0.15, 0.2) is 29.6 Å². The fourth-order valence-electron chi connectivity index (χ4n) is 2.94. The normalized spacial score (nSPS) is 20.5. The monoisotopic (exact) mass is 330 g/mol. The van der Waals surface area contributed by atoms with Gasteiger partial charge in [0.15, 0.2) is 10.7 Å². The van der Waals surface area contributed by atoms with Gasteiger partial charge in [0, 0.05) is 23.9 Å². The summed E-state index contributed by atoms with van der Waals surface area (Å²) in [6, 6.07) is 8.13. The number of esters is 1. The Morgan fingerprint density at radius 3 is 2.91 bits per heavy atom. The van der Waals surface area contributed by atoms with Crippen molar-refractivity contribution in [1.82, 2.24) is 4.98 Å². The van der Waals surface area contributed by atoms with E-state index >= 15 is 0 Å². The van der Waals surface area contributed by atoms with Crippen molar-refractivity contribution < 1.29 is 9.53 Å². The fourth-order valence-corrected chi connectivity index (χ4v) is 3.75. The highest BCUT2D eigenvalue weighted by Crippen LogP contribution is 2.42. The number of rotatable bonds is 6. The first kappa shape index (κ1) is 16.0. The van der Waals surface area contributed by atoms with Crippen molar-refractivity contribution in [2.75, 3.05) is 5.32 Å². The fraction of sp³-hybridized carbons (Fsp3) is 0.444. The SMILES string of the molecule is CCCCC1(c2csc(Nc3ccccc3C)n2)CCC(=O)O1. The van der Waals surface area contributed by atoms with Crippen molar-refractivity contribution >= 4 is 28.1 Å². The Balaban J connectivity index is 1.82. The van der Waals surface area contributed by atoms with Crippen LogP contribution in [0.3, 0.4) is 0 Å². The summed E-state index contributed by atoms with van der Waals surface area (Å²) in [4.78, 5) is 16.4. The lowest BCUT2D eigenvalue weighted by molar-refractivity contribution is -0.150. The lowest BCUT2D eigenvalue weighted by Crippen LogP contribution is -2.26. The van der Waals surface area contributed by atoms with Crippen molar-refractivity contribution in [3.05, 3.63) is 40.9 Å². The predicted octanol–water partition coefficient (Wildman–Crippen LogP) is 4.92. The second-order valence-corrected chi connectivity index (χ2v) is 6.91. The zero-order chi connectivity index (χ0) is 16.3. The van der Waals surface area contributed by atoms with Gasteiger partial charge in [0.05, 0.1) is 5.69 Å². The minimum Gasteiger partial charge on any atom is -0.452 e. The molecule has 1 atom stereocenters. The van der Waals surface area contributed by atoms with Gasteiger partial charge >= 0.3 is 5.97 Å². The van der Waals surface area contributed by atoms with Crippen LogP contribution in [0.25, 0.3) is 0 Å². The van der Waals surface area contributed by atoms with E-state index in [-0.39, 0.29) is 5.97 Å². The van der Waals surface area contributed by atoms with Crippen LogP contribution >= 0.6 is 11.3 Å². The number of aromatic nitrogens is 1. The molecule has 0 saturated carbocycles. The number of benzene rings is 1. The molecule has 0 radical (unpaired) electrons. The largest absolute Gasteiger partial charge is 0.452 e. The molecule has 0 spiro atoms. The number of hydrogen-bond donors (Lipinski definition) is 1. The van der Waals surface area contributed by atoms with Crippen LogP contribution in [0.2, 0.25) is 0 Å². The molecule has 1 aliphatic rings. The Hall–Kier alpha value is -1.88. The number of aryl methyl sites for hydroxylation is 1. The van der Waals surface area contributed by atoms with Gasteiger partial charge in [-0.05, 0) is 31.4 Å². The third kappa shape index (κ3) is 3.39. The summed E-state index contributed by atoms with van der Waals surface area (Å²) in [5.41, 5.74) is 2.60. The molecule has 2 heterocycles. The molecule has 3 rings (SSSR count). The molecule has 1 unspecified atom stereocenters. The molecule has 5 heteroatoms. The molecule has 1 aromatic carbocycles. The quantitative estimate of drug-likeness (QED) is 0.764. The number of carbonyl (C=O) groups is 1. The number of carbonyl (C=O) groups excluding carboxylic acids is 1. The maximum absolute atomic E-state index is 11.7. The van der Waals surface area contributed by atoms with Crippen LogP contribution in [0, 0.1) is 6.92 Å². The molecule has 122 valence electrons. The summed E-state index contributed by atoms with van der Waals surface area (Å²) >= 11 is 1.56. The molecule has 1 aromatic heterocycles. The predicted molar refractivity (Wildman–Crippen MR) is 93.1 cm³/mol. The Labute approximate surface area is 140 Å². The van der Waals surface area contributed by atoms with Crippen molar-refractivity contribution in [2.24, 2.45) is 0 Å². The number of nitrogens with one attached hydrogen (secondary N) is 1. The molecule has 0 bridgehead atoms. The zero-order valence-electron chi connectivity index (χ0n) is 13.6. The molecule has 23 heavy (non-hydrogen) atoms. The minimum atomic E-state index is -0.519. The topological polar surface area (TPSA) is 51.2 Å². The lowest BCUT2D eigenvalue weighted by Gasteiger charge is -2.25. The van der Waals surface area contributed by atoms with Crippen molar-refractivity contribution in [3.8, 4) is 0 Å². The molecular formula is C18H22N2O2S. The number of nitrogens with zero attached hydrogens (tertiary/aromatic N) is 1. The van der Waals surface area contributed by atoms with Gasteiger partial charge in [-0.1, -0.05) is 31.5 Å². The molecule has 4 nitrogen and oxygen atoms in total. The average Bonchev–Trinajstić information content (AvgIpc) is 3.15. The Morgan fingerprint density at radius 1 is 1.39 bits per heavy atom. The second kappa shape index (κ2) is 6.71. The van der Waals surface area contributed by atoms with Crippen molar-refractivity contribution in [2.45, 2.75) is 51.6 Å². The highest BCUT2D eigenvalue weighted by molar-refractivity contribution is 7.13. The summed E-state index contributed by atoms with van der Waals surface area (Å²) in [5, 5.41) is 6.23. The molecule has 0 aliphatic carbocycles. The summed E-state index contributed by atoms with van der Waals surface area (Å²) in [5.74, 6) is -0.109. The third-order valence-corrected chi connectivity index (χ3v) is 5.09. The van der Waals surface area contributed by atoms with Gasteiger partial charge in [-0.3, -0.25) is 4.79 Å². The maximum atomic E-state index is 11.7. The van der Waals surface area contributed by atoms with E-state index < -0.39 is 5.60 Å². The van der Waals surface area contributed by atoms with E-state index in [1.807, 2.05) is 23.6 Å². The van der Waals surface area contributed by atoms with Gasteiger partial charge in [0.2, 0.25) is 0 Å². The minimum absolute atomic E-state index is 0.109. The zero-order valence-corrected chi connectivity index (χ0v) is 14.4. The molecule has 1 fully saturated rings. The Bertz CT molecular complexity index is 698. The smallest absolute Gasteiger partial charge is 0.306 e. The van der Waals surface area contributed by atoms with Gasteiger partial charge in [-0.2, -0.15) is 0 Å². The van der Waals surface area contributed by atoms with Crippen LogP contribution in [-0.2, 0) is 15.1 Å². The van der Waals surface area contributed by atoms with E-state index in [2.05, 4.69) is 25.2 Å². The van der Waals surface area contributed by atoms with Gasteiger partial charge in [0.1, 0.15) is 0 Å². The van der Waals surface area contributed by atoms with Gasteiger partial charge in [-0.15, -0.1) is 11.3 Å². The van der Waals surface area contributed by atoms with Crippen LogP contribution in [0.5, 0.6) is 0 Å². The average molecular weight is 330 g/mol. The highest BCUT2D eigenvalue weighted by atomic mass is 32.1. The van der Waals surface area contributed by atoms with E-state index in [0.717, 1.165) is 42.2 Å². The Morgan fingerprint density at radius 2 is 2.22 bits per heavy atom. The molecule has 1 N–H and O–H groups in total. The Kier molecular flexibility index (Phi) is 4.66. The van der Waals surface area contributed by atoms with Crippen LogP contribution in [0.1, 0.15) is 50.3 Å². The molecular weight excluding hydrogens is 308 g/mol. The standard InChI is InChI=1S/C18H22N2O2S/c1-3-4-10-18(11-9-16(21)22-18)15-12-23-17(20-15)19-14-8-6-5-7-13(14)2/h5-8,12H,3-4,9-11H2,1-2H3,(H,19,20). The number of para-hydroxylation sites is 1. The summed E-state index contributed by atoms with van der Waals surface area (Å²) in [6.45, 7) is 4.22. The first-order valence-corrected chi connectivity index (χ1v) is 9.01. The van der Waals surface area contributed by atoms with E-state index in [0.29, 0.717) is 6.42 Å². The molecule has 1 saturated heterocycles. The maximum Gasteiger partial charge on any atom is 0.306 e. The van der Waals surface area contributed by atoms with E-state index in [1.165, 1.54) is 5.56 Å². The van der Waals surface area contributed by atoms with E-state index in [9.17, 15) is 4.79 Å². The number of hydrogen-bond acceptors (Lipinski definition) is 5. The van der Waals surface area contributed by atoms with Crippen molar-refractivity contribution in [1.29, 1.82) is 0 Å². The van der Waals surface area contributed by atoms with Gasteiger partial charge in [-0.25, -0.2) is 4.98 Å². The highest BCUT2D eigenvalue weighted by Gasteiger charge is 2.43. The number of cyclic esters (lactones) is 1. The summed E-state index contributed by atoms with van der Waals surface area (Å²) < 4.78 is 5.70. The third-order valence-electron chi connectivity index (χ3n) is 4.33. The van der Waals surface area contributed by atoms with Crippen LogP contribution in [0.4, 0.5) is 10.8 Å². The van der Waals surface area contributed by atoms with Crippen LogP contribution < -0.4 is 5.32 Å². The lowest BCUT2D eigenvalue weighted by atomic mass is 9.91. The second-order valence-electron chi connectivity index (χ2n) is 6.05. The first-order valence-electron chi connectivity index (χ1n) is 8.13. The van der Waals surface area contributed by atoms with Crippen molar-refractivity contribution in [3.63, 3.8) is 0 Å². The molecule has 1 aliphatic heterocycles. The van der Waals surface area contributed by atoms with Crippen LogP contribution in [-0.4, -0.2) is 11.0 Å². The van der Waals surface area contributed by atoms with E-state index in [4.69, 9.17) is 9.72 Å². The molecule has 0 amide bonds. The van der Waals surface area contributed by atoms with Gasteiger partial charge < -0.3 is 10.1 Å². The van der Waals surface area contributed by atoms with E-state index in [1.54, 1.807) is 11.3 Å². The number of anilines is 2. The summed E-state index contributed by atoms with van der Waals surface area (Å²) in [7, 11) is 0.